The minimum atomic E-state index is -1.10. The average molecular weight is 481 g/mol. The van der Waals surface area contributed by atoms with Crippen LogP contribution in [0.5, 0.6) is 0 Å². The number of Topliss-reactive ketones (excluding diaryl/α,β-unsaturated/α-hetero) is 1. The van der Waals surface area contributed by atoms with Gasteiger partial charge in [-0.25, -0.2) is 0 Å². The van der Waals surface area contributed by atoms with Crippen LogP contribution in [-0.4, -0.2) is 74.2 Å². The molecule has 190 valence electrons. The molecule has 3 atom stereocenters. The van der Waals surface area contributed by atoms with E-state index in [-0.39, 0.29) is 30.6 Å². The van der Waals surface area contributed by atoms with E-state index in [1.807, 2.05) is 20.8 Å². The second-order valence-electron chi connectivity index (χ2n) is 9.44. The fourth-order valence-corrected chi connectivity index (χ4v) is 3.51. The zero-order valence-corrected chi connectivity index (χ0v) is 20.7. The van der Waals surface area contributed by atoms with Gasteiger partial charge in [0.2, 0.25) is 11.8 Å². The third kappa shape index (κ3) is 7.63. The summed E-state index contributed by atoms with van der Waals surface area (Å²) >= 11 is 0. The van der Waals surface area contributed by atoms with Crippen molar-refractivity contribution in [3.63, 3.8) is 0 Å². The van der Waals surface area contributed by atoms with Crippen molar-refractivity contribution in [1.82, 2.24) is 21.1 Å². The molecule has 1 aliphatic carbocycles. The van der Waals surface area contributed by atoms with Crippen LogP contribution in [0.25, 0.3) is 0 Å². The number of nitrogens with zero attached hydrogens (tertiary/aromatic N) is 1. The summed E-state index contributed by atoms with van der Waals surface area (Å²) < 4.78 is 15.1. The number of amides is 3. The number of aryl methyl sites for hydroxylation is 1. The fraction of sp³-hybridized carbons (Fsp3) is 0.696. The first-order chi connectivity index (χ1) is 16.0. The van der Waals surface area contributed by atoms with Gasteiger partial charge in [0.1, 0.15) is 17.8 Å². The molecule has 0 bridgehead atoms. The number of hydrogen-bond acceptors (Lipinski definition) is 8. The molecule has 1 heterocycles. The van der Waals surface area contributed by atoms with E-state index in [9.17, 15) is 19.2 Å². The average Bonchev–Trinajstić information content (AvgIpc) is 3.37. The molecule has 0 unspecified atom stereocenters. The van der Waals surface area contributed by atoms with Gasteiger partial charge in [0.05, 0.1) is 19.3 Å². The Hall–Kier alpha value is -2.79. The highest BCUT2D eigenvalue weighted by Gasteiger charge is 2.48. The Balaban J connectivity index is 2.08. The van der Waals surface area contributed by atoms with Gasteiger partial charge in [-0.3, -0.25) is 19.2 Å². The maximum Gasteiger partial charge on any atom is 0.274 e. The highest BCUT2D eigenvalue weighted by atomic mass is 16.5. The molecule has 11 nitrogen and oxygen atoms in total. The lowest BCUT2D eigenvalue weighted by molar-refractivity contribution is -0.134. The second-order valence-corrected chi connectivity index (χ2v) is 9.44. The van der Waals surface area contributed by atoms with E-state index in [0.29, 0.717) is 12.2 Å². The Morgan fingerprint density at radius 2 is 1.53 bits per heavy atom. The highest BCUT2D eigenvalue weighted by molar-refractivity contribution is 5.98. The second kappa shape index (κ2) is 12.1. The molecule has 1 aromatic heterocycles. The zero-order valence-electron chi connectivity index (χ0n) is 20.7. The summed E-state index contributed by atoms with van der Waals surface area (Å²) in [5.41, 5.74) is -0.388. The van der Waals surface area contributed by atoms with Crippen molar-refractivity contribution < 1.29 is 33.2 Å². The van der Waals surface area contributed by atoms with Gasteiger partial charge < -0.3 is 29.9 Å². The molecule has 34 heavy (non-hydrogen) atoms. The smallest absolute Gasteiger partial charge is 0.274 e. The van der Waals surface area contributed by atoms with E-state index in [0.717, 1.165) is 12.8 Å². The SMILES string of the molecule is COC[C@H](NC(=O)c1cc(C)on1)C(=O)N[C@@H](COC)C(=O)N[C@@H](CC(C)C)C(=O)C1(C)CC1. The Morgan fingerprint density at radius 3 is 1.97 bits per heavy atom. The van der Waals surface area contributed by atoms with E-state index >= 15 is 0 Å². The number of carbonyl (C=O) groups excluding carboxylic acids is 4. The molecule has 0 saturated heterocycles. The maximum absolute atomic E-state index is 13.0. The number of aromatic nitrogens is 1. The molecule has 0 aromatic carbocycles. The van der Waals surface area contributed by atoms with E-state index in [1.54, 1.807) is 6.92 Å². The monoisotopic (exact) mass is 480 g/mol. The lowest BCUT2D eigenvalue weighted by Gasteiger charge is -2.26. The van der Waals surface area contributed by atoms with Crippen LogP contribution in [0.4, 0.5) is 0 Å². The molecule has 3 amide bonds. The van der Waals surface area contributed by atoms with Crippen LogP contribution in [0, 0.1) is 18.3 Å². The zero-order chi connectivity index (χ0) is 25.5. The van der Waals surface area contributed by atoms with Gasteiger partial charge in [-0.2, -0.15) is 0 Å². The minimum Gasteiger partial charge on any atom is -0.382 e. The number of ketones is 1. The van der Waals surface area contributed by atoms with Crippen molar-refractivity contribution in [2.75, 3.05) is 27.4 Å². The Bertz CT molecular complexity index is 878. The lowest BCUT2D eigenvalue weighted by Crippen LogP contribution is -2.58. The summed E-state index contributed by atoms with van der Waals surface area (Å²) in [5, 5.41) is 11.5. The van der Waals surface area contributed by atoms with Gasteiger partial charge in [0, 0.05) is 25.7 Å². The first kappa shape index (κ1) is 27.5. The molecule has 0 spiro atoms. The van der Waals surface area contributed by atoms with Crippen molar-refractivity contribution in [1.29, 1.82) is 0 Å². The Morgan fingerprint density at radius 1 is 1.00 bits per heavy atom. The predicted molar refractivity (Wildman–Crippen MR) is 122 cm³/mol. The molecule has 0 radical (unpaired) electrons. The summed E-state index contributed by atoms with van der Waals surface area (Å²) in [6.45, 7) is 7.24. The summed E-state index contributed by atoms with van der Waals surface area (Å²) in [6.07, 6.45) is 2.10. The molecule has 2 rings (SSSR count). The van der Waals surface area contributed by atoms with Crippen LogP contribution in [-0.2, 0) is 23.9 Å². The standard InChI is InChI=1S/C23H36N4O7/c1-13(2)9-15(19(28)23(4)7-8-23)24-21(30)17(11-32-5)26-22(31)18(12-33-6)25-20(29)16-10-14(3)34-27-16/h10,13,15,17-18H,7-9,11-12H2,1-6H3,(H,24,30)(H,25,29)(H,26,31)/t15-,17-,18-/m0/s1. The minimum absolute atomic E-state index is 0.00414. The van der Waals surface area contributed by atoms with Crippen molar-refractivity contribution in [3.8, 4) is 0 Å². The number of hydrogen-bond donors (Lipinski definition) is 3. The van der Waals surface area contributed by atoms with Gasteiger partial charge >= 0.3 is 0 Å². The first-order valence-electron chi connectivity index (χ1n) is 11.4. The summed E-state index contributed by atoms with van der Waals surface area (Å²) in [5.74, 6) is -1.16. The Kier molecular flexibility index (Phi) is 9.75. The first-order valence-corrected chi connectivity index (χ1v) is 11.4. The van der Waals surface area contributed by atoms with Gasteiger partial charge in [0.15, 0.2) is 11.5 Å². The number of rotatable bonds is 14. The molecule has 1 fully saturated rings. The van der Waals surface area contributed by atoms with Crippen LogP contribution in [0.1, 0.15) is 56.3 Å². The van der Waals surface area contributed by atoms with Crippen LogP contribution in [0.15, 0.2) is 10.6 Å². The van der Waals surface area contributed by atoms with Crippen molar-refractivity contribution in [2.45, 2.75) is 65.1 Å². The molecular formula is C23H36N4O7. The van der Waals surface area contributed by atoms with E-state index in [1.165, 1.54) is 20.3 Å². The summed E-state index contributed by atoms with van der Waals surface area (Å²) in [6, 6.07) is -1.39. The quantitative estimate of drug-likeness (QED) is 0.353. The van der Waals surface area contributed by atoms with Crippen molar-refractivity contribution in [3.05, 3.63) is 17.5 Å². The molecule has 0 aliphatic heterocycles. The van der Waals surface area contributed by atoms with Gasteiger partial charge in [-0.1, -0.05) is 25.9 Å². The molecule has 1 aliphatic rings. The fourth-order valence-electron chi connectivity index (χ4n) is 3.51. The number of methoxy groups -OCH3 is 2. The maximum atomic E-state index is 13.0. The van der Waals surface area contributed by atoms with E-state index in [2.05, 4.69) is 21.1 Å². The summed E-state index contributed by atoms with van der Waals surface area (Å²) in [4.78, 5) is 51.3. The third-order valence-corrected chi connectivity index (χ3v) is 5.72. The van der Waals surface area contributed by atoms with Crippen LogP contribution in [0.3, 0.4) is 0 Å². The Labute approximate surface area is 199 Å². The summed E-state index contributed by atoms with van der Waals surface area (Å²) in [7, 11) is 2.78. The van der Waals surface area contributed by atoms with Crippen molar-refractivity contribution in [2.24, 2.45) is 11.3 Å². The van der Waals surface area contributed by atoms with E-state index < -0.39 is 41.3 Å². The van der Waals surface area contributed by atoms with E-state index in [4.69, 9.17) is 14.0 Å². The normalized spacial score (nSPS) is 16.9. The number of nitrogens with one attached hydrogen (secondary N) is 3. The molecule has 1 saturated carbocycles. The molecule has 11 heteroatoms. The molecule has 1 aromatic rings. The van der Waals surface area contributed by atoms with Crippen LogP contribution < -0.4 is 16.0 Å². The number of carbonyl (C=O) groups is 4. The number of ether oxygens (including phenoxy) is 2. The van der Waals surface area contributed by atoms with Gasteiger partial charge in [-0.05, 0) is 32.1 Å². The molecule has 3 N–H and O–H groups in total. The predicted octanol–water partition coefficient (Wildman–Crippen LogP) is 0.759. The van der Waals surface area contributed by atoms with Crippen LogP contribution >= 0.6 is 0 Å². The largest absolute Gasteiger partial charge is 0.382 e. The van der Waals surface area contributed by atoms with Gasteiger partial charge in [0.25, 0.3) is 5.91 Å². The third-order valence-electron chi connectivity index (χ3n) is 5.72. The van der Waals surface area contributed by atoms with Crippen molar-refractivity contribution >= 4 is 23.5 Å². The topological polar surface area (TPSA) is 149 Å². The van der Waals surface area contributed by atoms with Crippen LogP contribution in [0.2, 0.25) is 0 Å². The highest BCUT2D eigenvalue weighted by Crippen LogP contribution is 2.47. The lowest BCUT2D eigenvalue weighted by atomic mass is 9.91. The van der Waals surface area contributed by atoms with Gasteiger partial charge in [-0.15, -0.1) is 0 Å². The molecular weight excluding hydrogens is 444 g/mol.